The van der Waals surface area contributed by atoms with Crippen molar-refractivity contribution in [2.24, 2.45) is 0 Å². The van der Waals surface area contributed by atoms with Gasteiger partial charge in [0.25, 0.3) is 0 Å². The lowest BCUT2D eigenvalue weighted by molar-refractivity contribution is -0.386. The lowest BCUT2D eigenvalue weighted by atomic mass is 9.95. The fraction of sp³-hybridized carbons (Fsp3) is 0.500. The van der Waals surface area contributed by atoms with Gasteiger partial charge in [-0.05, 0) is 12.8 Å². The highest BCUT2D eigenvalue weighted by molar-refractivity contribution is 5.62. The van der Waals surface area contributed by atoms with Crippen molar-refractivity contribution in [3.05, 3.63) is 33.9 Å². The molecule has 0 radical (unpaired) electrons. The standard InChI is InChI=1S/C12H14F2N2O2/c13-8-6-10(14)12(16(17)18)11(7-8)15-9-4-2-1-3-5-9/h6-7,9,15H,1-5H2. The Kier molecular flexibility index (Phi) is 3.74. The first kappa shape index (κ1) is 12.7. The molecule has 0 amide bonds. The largest absolute Gasteiger partial charge is 0.377 e. The van der Waals surface area contributed by atoms with Crippen LogP contribution in [0.2, 0.25) is 0 Å². The van der Waals surface area contributed by atoms with Crippen LogP contribution in [-0.2, 0) is 0 Å². The quantitative estimate of drug-likeness (QED) is 0.663. The summed E-state index contributed by atoms with van der Waals surface area (Å²) in [6, 6.07) is 1.57. The first-order valence-corrected chi connectivity index (χ1v) is 5.98. The van der Waals surface area contributed by atoms with Gasteiger partial charge in [-0.3, -0.25) is 10.1 Å². The highest BCUT2D eigenvalue weighted by Gasteiger charge is 2.24. The van der Waals surface area contributed by atoms with Gasteiger partial charge in [-0.25, -0.2) is 4.39 Å². The van der Waals surface area contributed by atoms with Crippen LogP contribution in [0.25, 0.3) is 0 Å². The van der Waals surface area contributed by atoms with Crippen LogP contribution in [0.4, 0.5) is 20.2 Å². The zero-order valence-corrected chi connectivity index (χ0v) is 9.79. The molecule has 6 heteroatoms. The molecule has 0 heterocycles. The highest BCUT2D eigenvalue weighted by atomic mass is 19.1. The van der Waals surface area contributed by atoms with Crippen molar-refractivity contribution in [2.75, 3.05) is 5.32 Å². The van der Waals surface area contributed by atoms with E-state index in [1.54, 1.807) is 0 Å². The van der Waals surface area contributed by atoms with E-state index < -0.39 is 22.2 Å². The van der Waals surface area contributed by atoms with Crippen LogP contribution in [0.1, 0.15) is 32.1 Å². The SMILES string of the molecule is O=[N+]([O-])c1c(F)cc(F)cc1NC1CCCCC1. The van der Waals surface area contributed by atoms with Gasteiger partial charge in [0.1, 0.15) is 11.5 Å². The van der Waals surface area contributed by atoms with Crippen LogP contribution in [0.3, 0.4) is 0 Å². The Hall–Kier alpha value is -1.72. The summed E-state index contributed by atoms with van der Waals surface area (Å²) in [6.45, 7) is 0. The van der Waals surface area contributed by atoms with E-state index >= 15 is 0 Å². The van der Waals surface area contributed by atoms with Crippen molar-refractivity contribution >= 4 is 11.4 Å². The lowest BCUT2D eigenvalue weighted by Crippen LogP contribution is -2.23. The molecule has 2 rings (SSSR count). The van der Waals surface area contributed by atoms with Gasteiger partial charge in [0, 0.05) is 18.2 Å². The molecular formula is C12H14F2N2O2. The van der Waals surface area contributed by atoms with E-state index in [-0.39, 0.29) is 11.7 Å². The molecule has 1 aromatic carbocycles. The van der Waals surface area contributed by atoms with Crippen molar-refractivity contribution in [3.8, 4) is 0 Å². The third kappa shape index (κ3) is 2.75. The predicted molar refractivity (Wildman–Crippen MR) is 63.5 cm³/mol. The molecule has 0 spiro atoms. The van der Waals surface area contributed by atoms with Crippen LogP contribution in [0.5, 0.6) is 0 Å². The maximum Gasteiger partial charge on any atom is 0.327 e. The van der Waals surface area contributed by atoms with Gasteiger partial charge in [-0.1, -0.05) is 19.3 Å². The normalized spacial score (nSPS) is 16.6. The molecule has 0 unspecified atom stereocenters. The molecule has 1 aliphatic carbocycles. The molecule has 98 valence electrons. The minimum absolute atomic E-state index is 0.0543. The Bertz CT molecular complexity index is 460. The molecular weight excluding hydrogens is 242 g/mol. The Labute approximate surface area is 103 Å². The highest BCUT2D eigenvalue weighted by Crippen LogP contribution is 2.31. The first-order valence-electron chi connectivity index (χ1n) is 5.98. The van der Waals surface area contributed by atoms with Crippen LogP contribution < -0.4 is 5.32 Å². The molecule has 1 aromatic rings. The van der Waals surface area contributed by atoms with E-state index in [0.717, 1.165) is 38.2 Å². The molecule has 1 saturated carbocycles. The monoisotopic (exact) mass is 256 g/mol. The Morgan fingerprint density at radius 1 is 1.22 bits per heavy atom. The number of anilines is 1. The van der Waals surface area contributed by atoms with Crippen molar-refractivity contribution in [1.82, 2.24) is 0 Å². The minimum Gasteiger partial charge on any atom is -0.377 e. The molecule has 1 aliphatic rings. The zero-order chi connectivity index (χ0) is 13.1. The third-order valence-corrected chi connectivity index (χ3v) is 3.18. The number of hydrogen-bond acceptors (Lipinski definition) is 3. The smallest absolute Gasteiger partial charge is 0.327 e. The summed E-state index contributed by atoms with van der Waals surface area (Å²) in [7, 11) is 0. The van der Waals surface area contributed by atoms with Crippen molar-refractivity contribution in [3.63, 3.8) is 0 Å². The number of nitrogens with one attached hydrogen (secondary N) is 1. The summed E-state index contributed by atoms with van der Waals surface area (Å²) >= 11 is 0. The molecule has 0 aromatic heterocycles. The van der Waals surface area contributed by atoms with Gasteiger partial charge in [0.05, 0.1) is 4.92 Å². The van der Waals surface area contributed by atoms with Crippen molar-refractivity contribution in [2.45, 2.75) is 38.1 Å². The Morgan fingerprint density at radius 3 is 2.50 bits per heavy atom. The van der Waals surface area contributed by atoms with Gasteiger partial charge in [0.15, 0.2) is 0 Å². The summed E-state index contributed by atoms with van der Waals surface area (Å²) in [5.41, 5.74) is -0.744. The van der Waals surface area contributed by atoms with E-state index in [2.05, 4.69) is 5.32 Å². The summed E-state index contributed by atoms with van der Waals surface area (Å²) < 4.78 is 26.5. The second-order valence-electron chi connectivity index (χ2n) is 4.52. The topological polar surface area (TPSA) is 55.2 Å². The van der Waals surface area contributed by atoms with Crippen LogP contribution in [-0.4, -0.2) is 11.0 Å². The fourth-order valence-electron chi connectivity index (χ4n) is 2.33. The second-order valence-corrected chi connectivity index (χ2v) is 4.52. The molecule has 18 heavy (non-hydrogen) atoms. The number of rotatable bonds is 3. The zero-order valence-electron chi connectivity index (χ0n) is 9.79. The lowest BCUT2D eigenvalue weighted by Gasteiger charge is -2.23. The maximum absolute atomic E-state index is 13.4. The number of nitrogens with zero attached hydrogens (tertiary/aromatic N) is 1. The third-order valence-electron chi connectivity index (χ3n) is 3.18. The van der Waals surface area contributed by atoms with E-state index in [1.165, 1.54) is 0 Å². The van der Waals surface area contributed by atoms with E-state index in [4.69, 9.17) is 0 Å². The summed E-state index contributed by atoms with van der Waals surface area (Å²) in [6.07, 6.45) is 4.94. The van der Waals surface area contributed by atoms with Crippen LogP contribution in [0.15, 0.2) is 12.1 Å². The number of halogens is 2. The van der Waals surface area contributed by atoms with Gasteiger partial charge >= 0.3 is 5.69 Å². The molecule has 0 aliphatic heterocycles. The number of nitro benzene ring substituents is 1. The molecule has 4 nitrogen and oxygen atoms in total. The van der Waals surface area contributed by atoms with E-state index in [9.17, 15) is 18.9 Å². The Balaban J connectivity index is 2.27. The summed E-state index contributed by atoms with van der Waals surface area (Å²) in [5, 5.41) is 13.7. The summed E-state index contributed by atoms with van der Waals surface area (Å²) in [4.78, 5) is 9.98. The second kappa shape index (κ2) is 5.29. The average Bonchev–Trinajstić information content (AvgIpc) is 2.28. The molecule has 0 saturated heterocycles. The molecule has 0 bridgehead atoms. The van der Waals surface area contributed by atoms with E-state index in [0.29, 0.717) is 6.07 Å². The van der Waals surface area contributed by atoms with Gasteiger partial charge < -0.3 is 5.32 Å². The summed E-state index contributed by atoms with van der Waals surface area (Å²) in [5.74, 6) is -1.95. The van der Waals surface area contributed by atoms with Gasteiger partial charge in [0.2, 0.25) is 5.82 Å². The average molecular weight is 256 g/mol. The van der Waals surface area contributed by atoms with Crippen molar-refractivity contribution < 1.29 is 13.7 Å². The number of benzene rings is 1. The van der Waals surface area contributed by atoms with E-state index in [1.807, 2.05) is 0 Å². The minimum atomic E-state index is -1.14. The van der Waals surface area contributed by atoms with Gasteiger partial charge in [-0.2, -0.15) is 4.39 Å². The number of hydrogen-bond donors (Lipinski definition) is 1. The number of nitro groups is 1. The van der Waals surface area contributed by atoms with Crippen LogP contribution in [0, 0.1) is 21.7 Å². The maximum atomic E-state index is 13.4. The van der Waals surface area contributed by atoms with Crippen molar-refractivity contribution in [1.29, 1.82) is 0 Å². The van der Waals surface area contributed by atoms with Gasteiger partial charge in [-0.15, -0.1) is 0 Å². The molecule has 1 fully saturated rings. The predicted octanol–water partition coefficient (Wildman–Crippen LogP) is 3.62. The fourth-order valence-corrected chi connectivity index (χ4v) is 2.33. The Morgan fingerprint density at radius 2 is 1.89 bits per heavy atom. The first-order chi connectivity index (χ1) is 8.58. The molecule has 0 atom stereocenters. The molecule has 1 N–H and O–H groups in total. The van der Waals surface area contributed by atoms with Crippen LogP contribution >= 0.6 is 0 Å².